The molecule has 2 aromatic heterocycles. The number of rotatable bonds is 3. The SMILES string of the molecule is S=C(NN=C(c1ccccn1)c1nccs1)N1CCCC1. The molecule has 0 unspecified atom stereocenters. The summed E-state index contributed by atoms with van der Waals surface area (Å²) in [5.41, 5.74) is 4.48. The molecule has 1 fully saturated rings. The van der Waals surface area contributed by atoms with E-state index in [9.17, 15) is 0 Å². The summed E-state index contributed by atoms with van der Waals surface area (Å²) in [4.78, 5) is 10.8. The number of thiazole rings is 1. The van der Waals surface area contributed by atoms with Gasteiger partial charge in [-0.2, -0.15) is 5.10 Å². The van der Waals surface area contributed by atoms with Crippen molar-refractivity contribution < 1.29 is 0 Å². The smallest absolute Gasteiger partial charge is 0.189 e. The van der Waals surface area contributed by atoms with Crippen LogP contribution in [0.5, 0.6) is 0 Å². The zero-order valence-corrected chi connectivity index (χ0v) is 13.0. The maximum Gasteiger partial charge on any atom is 0.189 e. The fourth-order valence-corrected chi connectivity index (χ4v) is 3.01. The van der Waals surface area contributed by atoms with Crippen LogP contribution in [0.1, 0.15) is 23.5 Å². The lowest BCUT2D eigenvalue weighted by molar-refractivity contribution is 0.509. The quantitative estimate of drug-likeness (QED) is 0.535. The Bertz CT molecular complexity index is 618. The van der Waals surface area contributed by atoms with E-state index in [1.54, 1.807) is 12.4 Å². The van der Waals surface area contributed by atoms with Crippen LogP contribution in [0.4, 0.5) is 0 Å². The molecule has 5 nitrogen and oxygen atoms in total. The fraction of sp³-hybridized carbons (Fsp3) is 0.286. The van der Waals surface area contributed by atoms with E-state index in [0.717, 1.165) is 23.8 Å². The molecule has 0 aliphatic carbocycles. The molecule has 108 valence electrons. The van der Waals surface area contributed by atoms with E-state index in [2.05, 4.69) is 25.4 Å². The average molecular weight is 317 g/mol. The third kappa shape index (κ3) is 3.43. The normalized spacial score (nSPS) is 15.2. The van der Waals surface area contributed by atoms with Crippen molar-refractivity contribution in [1.29, 1.82) is 0 Å². The Morgan fingerprint density at radius 3 is 2.76 bits per heavy atom. The topological polar surface area (TPSA) is 53.4 Å². The van der Waals surface area contributed by atoms with Crippen molar-refractivity contribution in [3.05, 3.63) is 46.7 Å². The number of nitrogens with one attached hydrogen (secondary N) is 1. The summed E-state index contributed by atoms with van der Waals surface area (Å²) in [6.07, 6.45) is 5.88. The Morgan fingerprint density at radius 2 is 2.10 bits per heavy atom. The number of aromatic nitrogens is 2. The summed E-state index contributed by atoms with van der Waals surface area (Å²) in [7, 11) is 0. The van der Waals surface area contributed by atoms with E-state index < -0.39 is 0 Å². The molecular formula is C14H15N5S2. The Balaban J connectivity index is 1.82. The van der Waals surface area contributed by atoms with Crippen LogP contribution in [0.2, 0.25) is 0 Å². The molecule has 1 aliphatic rings. The van der Waals surface area contributed by atoms with Crippen molar-refractivity contribution in [3.63, 3.8) is 0 Å². The molecule has 0 bridgehead atoms. The highest BCUT2D eigenvalue weighted by Gasteiger charge is 2.16. The first kappa shape index (κ1) is 14.1. The Kier molecular flexibility index (Phi) is 4.52. The predicted octanol–water partition coefficient (Wildman–Crippen LogP) is 2.26. The number of thiocarbonyl (C=S) groups is 1. The lowest BCUT2D eigenvalue weighted by Crippen LogP contribution is -2.35. The second kappa shape index (κ2) is 6.73. The summed E-state index contributed by atoms with van der Waals surface area (Å²) in [6.45, 7) is 2.00. The first-order chi connectivity index (χ1) is 10.3. The van der Waals surface area contributed by atoms with Gasteiger partial charge in [-0.25, -0.2) is 4.98 Å². The summed E-state index contributed by atoms with van der Waals surface area (Å²) < 4.78 is 0. The third-order valence-corrected chi connectivity index (χ3v) is 4.33. The number of nitrogens with zero attached hydrogens (tertiary/aromatic N) is 4. The molecule has 0 aromatic carbocycles. The highest BCUT2D eigenvalue weighted by atomic mass is 32.1. The second-order valence-corrected chi connectivity index (χ2v) is 5.91. The largest absolute Gasteiger partial charge is 0.348 e. The van der Waals surface area contributed by atoms with Gasteiger partial charge < -0.3 is 4.90 Å². The minimum atomic E-state index is 0.664. The van der Waals surface area contributed by atoms with E-state index in [1.807, 2.05) is 23.6 Å². The van der Waals surface area contributed by atoms with E-state index in [-0.39, 0.29) is 0 Å². The van der Waals surface area contributed by atoms with Gasteiger partial charge in [0, 0.05) is 30.9 Å². The van der Waals surface area contributed by atoms with Crippen LogP contribution < -0.4 is 5.43 Å². The van der Waals surface area contributed by atoms with Gasteiger partial charge in [0.15, 0.2) is 5.11 Å². The van der Waals surface area contributed by atoms with Gasteiger partial charge in [0.2, 0.25) is 0 Å². The van der Waals surface area contributed by atoms with E-state index in [0.29, 0.717) is 10.8 Å². The van der Waals surface area contributed by atoms with Crippen LogP contribution in [-0.2, 0) is 0 Å². The van der Waals surface area contributed by atoms with E-state index in [4.69, 9.17) is 12.2 Å². The number of hydrogen-bond donors (Lipinski definition) is 1. The third-order valence-electron chi connectivity index (χ3n) is 3.20. The van der Waals surface area contributed by atoms with Gasteiger partial charge in [0.1, 0.15) is 10.7 Å². The van der Waals surface area contributed by atoms with E-state index in [1.165, 1.54) is 24.2 Å². The minimum absolute atomic E-state index is 0.664. The molecule has 0 amide bonds. The highest BCUT2D eigenvalue weighted by Crippen LogP contribution is 2.12. The van der Waals surface area contributed by atoms with Crippen molar-refractivity contribution in [2.45, 2.75) is 12.8 Å². The van der Waals surface area contributed by atoms with Crippen molar-refractivity contribution in [1.82, 2.24) is 20.3 Å². The summed E-state index contributed by atoms with van der Waals surface area (Å²) in [5.74, 6) is 0. The first-order valence-corrected chi connectivity index (χ1v) is 8.07. The molecule has 3 rings (SSSR count). The van der Waals surface area contributed by atoms with Gasteiger partial charge in [-0.15, -0.1) is 11.3 Å². The summed E-state index contributed by atoms with van der Waals surface area (Å²) in [6, 6.07) is 5.73. The molecule has 0 atom stereocenters. The lowest BCUT2D eigenvalue weighted by Gasteiger charge is -2.17. The lowest BCUT2D eigenvalue weighted by atomic mass is 10.2. The Hall–Kier alpha value is -1.86. The molecule has 1 aliphatic heterocycles. The molecule has 0 spiro atoms. The van der Waals surface area contributed by atoms with Gasteiger partial charge in [-0.05, 0) is 37.2 Å². The Labute approximate surface area is 132 Å². The number of hydrogen-bond acceptors (Lipinski definition) is 5. The predicted molar refractivity (Wildman–Crippen MR) is 88.5 cm³/mol. The number of likely N-dealkylation sites (tertiary alicyclic amines) is 1. The second-order valence-electron chi connectivity index (χ2n) is 4.62. The van der Waals surface area contributed by atoms with Gasteiger partial charge in [-0.3, -0.25) is 10.4 Å². The zero-order valence-electron chi connectivity index (χ0n) is 11.4. The maximum atomic E-state index is 5.38. The van der Waals surface area contributed by atoms with Crippen molar-refractivity contribution >= 4 is 34.4 Å². The summed E-state index contributed by atoms with van der Waals surface area (Å²) >= 11 is 6.91. The minimum Gasteiger partial charge on any atom is -0.348 e. The van der Waals surface area contributed by atoms with Crippen LogP contribution in [0, 0.1) is 0 Å². The number of pyridine rings is 1. The molecule has 1 saturated heterocycles. The molecule has 3 heterocycles. The zero-order chi connectivity index (χ0) is 14.5. The summed E-state index contributed by atoms with van der Waals surface area (Å²) in [5, 5.41) is 7.86. The molecule has 2 aromatic rings. The van der Waals surface area contributed by atoms with Crippen molar-refractivity contribution in [2.75, 3.05) is 13.1 Å². The standard InChI is InChI=1S/C14H15N5S2/c20-14(19-8-3-4-9-19)18-17-12(13-16-7-10-21-13)11-5-1-2-6-15-11/h1-2,5-7,10H,3-4,8-9H2,(H,18,20). The molecular weight excluding hydrogens is 302 g/mol. The molecule has 0 radical (unpaired) electrons. The van der Waals surface area contributed by atoms with Crippen molar-refractivity contribution in [2.24, 2.45) is 5.10 Å². The molecule has 0 saturated carbocycles. The average Bonchev–Trinajstić information content (AvgIpc) is 3.22. The Morgan fingerprint density at radius 1 is 1.24 bits per heavy atom. The molecule has 7 heteroatoms. The van der Waals surface area contributed by atoms with Crippen LogP contribution in [0.15, 0.2) is 41.1 Å². The van der Waals surface area contributed by atoms with Crippen LogP contribution >= 0.6 is 23.6 Å². The van der Waals surface area contributed by atoms with Crippen LogP contribution in [0.3, 0.4) is 0 Å². The maximum absolute atomic E-state index is 5.38. The fourth-order valence-electron chi connectivity index (χ4n) is 2.15. The van der Waals surface area contributed by atoms with Gasteiger partial charge in [0.25, 0.3) is 0 Å². The van der Waals surface area contributed by atoms with Gasteiger partial charge in [-0.1, -0.05) is 6.07 Å². The first-order valence-electron chi connectivity index (χ1n) is 6.78. The highest BCUT2D eigenvalue weighted by molar-refractivity contribution is 7.80. The number of hydrazone groups is 1. The van der Waals surface area contributed by atoms with Gasteiger partial charge in [0.05, 0.1) is 5.69 Å². The van der Waals surface area contributed by atoms with Gasteiger partial charge >= 0.3 is 0 Å². The van der Waals surface area contributed by atoms with E-state index >= 15 is 0 Å². The van der Waals surface area contributed by atoms with Crippen molar-refractivity contribution in [3.8, 4) is 0 Å². The molecule has 21 heavy (non-hydrogen) atoms. The van der Waals surface area contributed by atoms with Crippen LogP contribution in [0.25, 0.3) is 0 Å². The molecule has 1 N–H and O–H groups in total. The monoisotopic (exact) mass is 317 g/mol. The van der Waals surface area contributed by atoms with Crippen LogP contribution in [-0.4, -0.2) is 38.8 Å².